The lowest BCUT2D eigenvalue weighted by atomic mass is 10.00. The summed E-state index contributed by atoms with van der Waals surface area (Å²) in [6.07, 6.45) is 2.03. The molecule has 2 atom stereocenters. The highest BCUT2D eigenvalue weighted by molar-refractivity contribution is 6.30. The minimum absolute atomic E-state index is 0. The zero-order valence-corrected chi connectivity index (χ0v) is 14.3. The van der Waals surface area contributed by atoms with Gasteiger partial charge in [0.2, 0.25) is 0 Å². The minimum atomic E-state index is -0.211. The van der Waals surface area contributed by atoms with E-state index in [-0.39, 0.29) is 36.1 Å². The van der Waals surface area contributed by atoms with Crippen molar-refractivity contribution in [2.75, 3.05) is 6.54 Å². The smallest absolute Gasteiger partial charge is 0.273 e. The molecular formula is C16H19Cl2N3O2. The monoisotopic (exact) mass is 355 g/mol. The maximum atomic E-state index is 12.3. The fourth-order valence-corrected chi connectivity index (χ4v) is 2.83. The number of hydrogen-bond donors (Lipinski definition) is 2. The Labute approximate surface area is 146 Å². The first-order valence-electron chi connectivity index (χ1n) is 7.40. The quantitative estimate of drug-likeness (QED) is 0.886. The van der Waals surface area contributed by atoms with Crippen molar-refractivity contribution in [3.05, 3.63) is 41.0 Å². The summed E-state index contributed by atoms with van der Waals surface area (Å²) in [5.74, 6) is 0.319. The Kier molecular flexibility index (Phi) is 6.04. The van der Waals surface area contributed by atoms with E-state index in [1.54, 1.807) is 18.2 Å². The molecule has 2 heterocycles. The van der Waals surface area contributed by atoms with Crippen LogP contribution in [0.2, 0.25) is 5.02 Å². The topological polar surface area (TPSA) is 67.2 Å². The number of carbonyl (C=O) groups excluding carboxylic acids is 1. The number of carbonyl (C=O) groups is 1. The summed E-state index contributed by atoms with van der Waals surface area (Å²) in [5, 5.41) is 10.8. The summed E-state index contributed by atoms with van der Waals surface area (Å²) < 4.78 is 5.26. The normalized spacial score (nSPS) is 20.6. The van der Waals surface area contributed by atoms with E-state index >= 15 is 0 Å². The molecule has 0 saturated carbocycles. The van der Waals surface area contributed by atoms with Crippen molar-refractivity contribution in [2.45, 2.75) is 31.8 Å². The van der Waals surface area contributed by atoms with E-state index < -0.39 is 0 Å². The summed E-state index contributed by atoms with van der Waals surface area (Å²) in [7, 11) is 0. The number of amides is 1. The predicted molar refractivity (Wildman–Crippen MR) is 92.1 cm³/mol. The van der Waals surface area contributed by atoms with E-state index in [4.69, 9.17) is 16.1 Å². The first-order valence-corrected chi connectivity index (χ1v) is 7.78. The van der Waals surface area contributed by atoms with Gasteiger partial charge in [0.1, 0.15) is 0 Å². The number of benzene rings is 1. The third-order valence-corrected chi connectivity index (χ3v) is 4.17. The van der Waals surface area contributed by atoms with Crippen LogP contribution in [0.1, 0.15) is 30.3 Å². The van der Waals surface area contributed by atoms with E-state index in [9.17, 15) is 4.79 Å². The first-order chi connectivity index (χ1) is 10.6. The first kappa shape index (κ1) is 17.8. The average Bonchev–Trinajstić information content (AvgIpc) is 2.99. The van der Waals surface area contributed by atoms with Crippen LogP contribution in [0.3, 0.4) is 0 Å². The van der Waals surface area contributed by atoms with E-state index in [2.05, 4.69) is 22.7 Å². The van der Waals surface area contributed by atoms with Gasteiger partial charge >= 0.3 is 0 Å². The number of hydrogen-bond acceptors (Lipinski definition) is 4. The average molecular weight is 356 g/mol. The van der Waals surface area contributed by atoms with Gasteiger partial charge < -0.3 is 15.2 Å². The van der Waals surface area contributed by atoms with Crippen molar-refractivity contribution >= 4 is 29.9 Å². The van der Waals surface area contributed by atoms with Crippen LogP contribution >= 0.6 is 24.0 Å². The Morgan fingerprint density at radius 1 is 1.43 bits per heavy atom. The lowest BCUT2D eigenvalue weighted by Crippen LogP contribution is -2.51. The molecule has 1 aromatic carbocycles. The van der Waals surface area contributed by atoms with Gasteiger partial charge in [-0.05, 0) is 38.4 Å². The SMILES string of the molecule is CC1NCCCC1NC(=O)c1cc(-c2cccc(Cl)c2)on1.Cl. The maximum Gasteiger partial charge on any atom is 0.273 e. The molecule has 0 bridgehead atoms. The molecule has 5 nitrogen and oxygen atoms in total. The van der Waals surface area contributed by atoms with E-state index in [1.807, 2.05) is 12.1 Å². The van der Waals surface area contributed by atoms with Gasteiger partial charge in [-0.15, -0.1) is 12.4 Å². The molecular weight excluding hydrogens is 337 g/mol. The molecule has 0 radical (unpaired) electrons. The molecule has 1 saturated heterocycles. The Morgan fingerprint density at radius 2 is 2.26 bits per heavy atom. The molecule has 1 aromatic heterocycles. The summed E-state index contributed by atoms with van der Waals surface area (Å²) in [6.45, 7) is 3.07. The van der Waals surface area contributed by atoms with E-state index in [1.165, 1.54) is 0 Å². The Balaban J connectivity index is 0.00000192. The van der Waals surface area contributed by atoms with Gasteiger partial charge in [-0.3, -0.25) is 4.79 Å². The third kappa shape index (κ3) is 4.25. The lowest BCUT2D eigenvalue weighted by Gasteiger charge is -2.30. The number of rotatable bonds is 3. The molecule has 1 fully saturated rings. The lowest BCUT2D eigenvalue weighted by molar-refractivity contribution is 0.0910. The van der Waals surface area contributed by atoms with E-state index in [0.29, 0.717) is 10.8 Å². The van der Waals surface area contributed by atoms with Gasteiger partial charge in [0.15, 0.2) is 11.5 Å². The molecule has 0 spiro atoms. The van der Waals surface area contributed by atoms with Crippen LogP contribution < -0.4 is 10.6 Å². The highest BCUT2D eigenvalue weighted by atomic mass is 35.5. The molecule has 2 N–H and O–H groups in total. The van der Waals surface area contributed by atoms with Gasteiger partial charge in [0.05, 0.1) is 0 Å². The van der Waals surface area contributed by atoms with Crippen LogP contribution in [0.15, 0.2) is 34.9 Å². The number of aromatic nitrogens is 1. The molecule has 1 aliphatic heterocycles. The van der Waals surface area contributed by atoms with Crippen molar-refractivity contribution < 1.29 is 9.32 Å². The molecule has 0 aliphatic carbocycles. The molecule has 3 rings (SSSR count). The number of nitrogens with one attached hydrogen (secondary N) is 2. The van der Waals surface area contributed by atoms with Gasteiger partial charge in [0, 0.05) is 28.7 Å². The van der Waals surface area contributed by atoms with Crippen molar-refractivity contribution in [1.82, 2.24) is 15.8 Å². The maximum absolute atomic E-state index is 12.3. The zero-order valence-electron chi connectivity index (χ0n) is 12.7. The van der Waals surface area contributed by atoms with Crippen molar-refractivity contribution in [2.24, 2.45) is 0 Å². The Morgan fingerprint density at radius 3 is 3.00 bits per heavy atom. The van der Waals surface area contributed by atoms with Crippen molar-refractivity contribution in [3.63, 3.8) is 0 Å². The van der Waals surface area contributed by atoms with Crippen LogP contribution in [0.4, 0.5) is 0 Å². The summed E-state index contributed by atoms with van der Waals surface area (Å²) in [6, 6.07) is 9.27. The van der Waals surface area contributed by atoms with Crippen LogP contribution in [0.5, 0.6) is 0 Å². The predicted octanol–water partition coefficient (Wildman–Crippen LogP) is 3.29. The van der Waals surface area contributed by atoms with Gasteiger partial charge in [0.25, 0.3) is 5.91 Å². The van der Waals surface area contributed by atoms with Gasteiger partial charge in [-0.2, -0.15) is 0 Å². The Hall–Kier alpha value is -1.56. The number of halogens is 2. The van der Waals surface area contributed by atoms with Crippen LogP contribution in [0.25, 0.3) is 11.3 Å². The van der Waals surface area contributed by atoms with Crippen molar-refractivity contribution in [3.8, 4) is 11.3 Å². The van der Waals surface area contributed by atoms with Gasteiger partial charge in [-0.1, -0.05) is 28.9 Å². The second-order valence-corrected chi connectivity index (χ2v) is 5.99. The van der Waals surface area contributed by atoms with Gasteiger partial charge in [-0.25, -0.2) is 0 Å². The standard InChI is InChI=1S/C16H18ClN3O2.ClH/c1-10-13(6-3-7-18-10)19-16(21)14-9-15(22-20-14)11-4-2-5-12(17)8-11;/h2,4-5,8-10,13,18H,3,6-7H2,1H3,(H,19,21);1H. The van der Waals surface area contributed by atoms with Crippen LogP contribution in [-0.2, 0) is 0 Å². The molecule has 124 valence electrons. The largest absolute Gasteiger partial charge is 0.355 e. The Bertz CT molecular complexity index is 675. The summed E-state index contributed by atoms with van der Waals surface area (Å²) in [5.41, 5.74) is 1.08. The number of nitrogens with zero attached hydrogens (tertiary/aromatic N) is 1. The van der Waals surface area contributed by atoms with Crippen LogP contribution in [0, 0.1) is 0 Å². The molecule has 7 heteroatoms. The highest BCUT2D eigenvalue weighted by Crippen LogP contribution is 2.23. The highest BCUT2D eigenvalue weighted by Gasteiger charge is 2.24. The fraction of sp³-hybridized carbons (Fsp3) is 0.375. The van der Waals surface area contributed by atoms with Crippen molar-refractivity contribution in [1.29, 1.82) is 0 Å². The number of piperidine rings is 1. The molecule has 2 aromatic rings. The molecule has 1 aliphatic rings. The van der Waals surface area contributed by atoms with Crippen LogP contribution in [-0.4, -0.2) is 29.7 Å². The fourth-order valence-electron chi connectivity index (χ4n) is 2.64. The zero-order chi connectivity index (χ0) is 15.5. The third-order valence-electron chi connectivity index (χ3n) is 3.93. The second-order valence-electron chi connectivity index (χ2n) is 5.55. The van der Waals surface area contributed by atoms with E-state index in [0.717, 1.165) is 24.9 Å². The second kappa shape index (κ2) is 7.81. The molecule has 2 unspecified atom stereocenters. The summed E-state index contributed by atoms with van der Waals surface area (Å²) in [4.78, 5) is 12.3. The molecule has 1 amide bonds. The minimum Gasteiger partial charge on any atom is -0.355 e. The molecule has 23 heavy (non-hydrogen) atoms. The summed E-state index contributed by atoms with van der Waals surface area (Å²) >= 11 is 5.96.